The molecule has 2 aromatic rings. The summed E-state index contributed by atoms with van der Waals surface area (Å²) in [5.41, 5.74) is 3.87. The van der Waals surface area contributed by atoms with Crippen molar-refractivity contribution in [2.24, 2.45) is 4.99 Å². The molecule has 34 heavy (non-hydrogen) atoms. The van der Waals surface area contributed by atoms with E-state index in [1.54, 1.807) is 0 Å². The van der Waals surface area contributed by atoms with Gasteiger partial charge < -0.3 is 15.5 Å². The molecule has 0 saturated heterocycles. The molecule has 0 radical (unpaired) electrons. The van der Waals surface area contributed by atoms with Crippen molar-refractivity contribution in [3.05, 3.63) is 71.3 Å². The predicted molar refractivity (Wildman–Crippen MR) is 151 cm³/mol. The maximum Gasteiger partial charge on any atom is 0.223 e. The molecule has 0 spiro atoms. The SMILES string of the molecule is CCNC(=NCCCC(=O)N1Cc2ccccc2C1)NCCC(C)N(C)Cc1ccccc1.I. The minimum atomic E-state index is 0. The number of benzene rings is 2. The summed E-state index contributed by atoms with van der Waals surface area (Å²) in [6, 6.07) is 19.3. The number of hydrogen-bond acceptors (Lipinski definition) is 3. The van der Waals surface area contributed by atoms with Crippen molar-refractivity contribution in [1.82, 2.24) is 20.4 Å². The first-order valence-electron chi connectivity index (χ1n) is 12.2. The molecule has 0 aromatic heterocycles. The van der Waals surface area contributed by atoms with E-state index in [2.05, 4.69) is 83.9 Å². The Hall–Kier alpha value is -2.13. The van der Waals surface area contributed by atoms with Crippen LogP contribution in [-0.2, 0) is 24.4 Å². The summed E-state index contributed by atoms with van der Waals surface area (Å²) in [6.45, 7) is 9.08. The van der Waals surface area contributed by atoms with Crippen molar-refractivity contribution in [2.75, 3.05) is 26.7 Å². The summed E-state index contributed by atoms with van der Waals surface area (Å²) in [6.07, 6.45) is 2.33. The second-order valence-corrected chi connectivity index (χ2v) is 8.85. The Kier molecular flexibility index (Phi) is 12.4. The van der Waals surface area contributed by atoms with Crippen LogP contribution in [0.15, 0.2) is 59.6 Å². The van der Waals surface area contributed by atoms with Gasteiger partial charge in [-0.1, -0.05) is 54.6 Å². The van der Waals surface area contributed by atoms with Crippen molar-refractivity contribution in [2.45, 2.75) is 58.8 Å². The first-order valence-corrected chi connectivity index (χ1v) is 12.2. The van der Waals surface area contributed by atoms with Crippen molar-refractivity contribution in [3.8, 4) is 0 Å². The molecule has 0 aliphatic carbocycles. The quantitative estimate of drug-likeness (QED) is 0.180. The lowest BCUT2D eigenvalue weighted by molar-refractivity contribution is -0.131. The van der Waals surface area contributed by atoms with Gasteiger partial charge in [0.1, 0.15) is 0 Å². The van der Waals surface area contributed by atoms with Gasteiger partial charge in [0.2, 0.25) is 5.91 Å². The largest absolute Gasteiger partial charge is 0.357 e. The van der Waals surface area contributed by atoms with Gasteiger partial charge in [0.05, 0.1) is 0 Å². The van der Waals surface area contributed by atoms with Gasteiger partial charge in [-0.15, -0.1) is 24.0 Å². The zero-order valence-electron chi connectivity index (χ0n) is 20.8. The van der Waals surface area contributed by atoms with Crippen LogP contribution < -0.4 is 10.6 Å². The summed E-state index contributed by atoms with van der Waals surface area (Å²) < 4.78 is 0. The molecule has 1 unspecified atom stereocenters. The minimum Gasteiger partial charge on any atom is -0.357 e. The third kappa shape index (κ3) is 8.91. The molecule has 3 rings (SSSR count). The van der Waals surface area contributed by atoms with Gasteiger partial charge >= 0.3 is 0 Å². The second kappa shape index (κ2) is 15.0. The highest BCUT2D eigenvalue weighted by Crippen LogP contribution is 2.22. The van der Waals surface area contributed by atoms with Gasteiger partial charge in [-0.25, -0.2) is 0 Å². The fourth-order valence-corrected chi connectivity index (χ4v) is 4.08. The highest BCUT2D eigenvalue weighted by Gasteiger charge is 2.22. The number of aliphatic imine (C=N–C) groups is 1. The third-order valence-electron chi connectivity index (χ3n) is 6.24. The molecule has 1 heterocycles. The maximum absolute atomic E-state index is 12.6. The Balaban J connectivity index is 0.00000408. The lowest BCUT2D eigenvalue weighted by Gasteiger charge is -2.25. The van der Waals surface area contributed by atoms with Crippen molar-refractivity contribution in [3.63, 3.8) is 0 Å². The van der Waals surface area contributed by atoms with Crippen molar-refractivity contribution >= 4 is 35.8 Å². The molecular weight excluding hydrogens is 537 g/mol. The maximum atomic E-state index is 12.6. The summed E-state index contributed by atoms with van der Waals surface area (Å²) in [4.78, 5) is 21.6. The van der Waals surface area contributed by atoms with E-state index in [0.29, 0.717) is 19.0 Å². The molecule has 1 atom stereocenters. The Morgan fingerprint density at radius 3 is 2.35 bits per heavy atom. The van der Waals surface area contributed by atoms with Gasteiger partial charge in [-0.05, 0) is 50.4 Å². The van der Waals surface area contributed by atoms with E-state index in [9.17, 15) is 4.79 Å². The molecule has 1 aliphatic rings. The van der Waals surface area contributed by atoms with Crippen LogP contribution in [0.5, 0.6) is 0 Å². The predicted octanol–water partition coefficient (Wildman–Crippen LogP) is 4.39. The molecule has 2 aromatic carbocycles. The fourth-order valence-electron chi connectivity index (χ4n) is 4.08. The number of halogens is 1. The molecule has 1 aliphatic heterocycles. The molecule has 0 bridgehead atoms. The Bertz CT molecular complexity index is 880. The van der Waals surface area contributed by atoms with E-state index in [-0.39, 0.29) is 29.9 Å². The van der Waals surface area contributed by atoms with E-state index < -0.39 is 0 Å². The number of amides is 1. The summed E-state index contributed by atoms with van der Waals surface area (Å²) in [5.74, 6) is 1.05. The van der Waals surface area contributed by atoms with Gasteiger partial charge in [0.15, 0.2) is 5.96 Å². The number of hydrogen-bond donors (Lipinski definition) is 2. The van der Waals surface area contributed by atoms with Crippen LogP contribution in [0, 0.1) is 0 Å². The summed E-state index contributed by atoms with van der Waals surface area (Å²) >= 11 is 0. The summed E-state index contributed by atoms with van der Waals surface area (Å²) in [5, 5.41) is 6.75. The van der Waals surface area contributed by atoms with E-state index >= 15 is 0 Å². The van der Waals surface area contributed by atoms with E-state index in [0.717, 1.165) is 51.5 Å². The zero-order chi connectivity index (χ0) is 23.5. The highest BCUT2D eigenvalue weighted by molar-refractivity contribution is 14.0. The van der Waals surface area contributed by atoms with E-state index in [4.69, 9.17) is 0 Å². The van der Waals surface area contributed by atoms with Crippen LogP contribution in [0.2, 0.25) is 0 Å². The lowest BCUT2D eigenvalue weighted by atomic mass is 10.1. The number of carbonyl (C=O) groups is 1. The van der Waals surface area contributed by atoms with Crippen LogP contribution in [0.25, 0.3) is 0 Å². The Morgan fingerprint density at radius 2 is 1.71 bits per heavy atom. The number of guanidine groups is 1. The average Bonchev–Trinajstić information content (AvgIpc) is 3.26. The Labute approximate surface area is 222 Å². The average molecular weight is 578 g/mol. The molecular formula is C27H40IN5O. The number of carbonyl (C=O) groups excluding carboxylic acids is 1. The molecule has 2 N–H and O–H groups in total. The molecule has 0 saturated carbocycles. The lowest BCUT2D eigenvalue weighted by Crippen LogP contribution is -2.40. The van der Waals surface area contributed by atoms with Crippen molar-refractivity contribution < 1.29 is 4.79 Å². The Morgan fingerprint density at radius 1 is 1.06 bits per heavy atom. The van der Waals surface area contributed by atoms with Crippen LogP contribution >= 0.6 is 24.0 Å². The number of fused-ring (bicyclic) bond motifs is 1. The van der Waals surface area contributed by atoms with Crippen LogP contribution in [0.1, 0.15) is 49.8 Å². The van der Waals surface area contributed by atoms with Gasteiger partial charge in [0, 0.05) is 51.7 Å². The minimum absolute atomic E-state index is 0. The molecule has 1 amide bonds. The molecule has 6 nitrogen and oxygen atoms in total. The second-order valence-electron chi connectivity index (χ2n) is 8.85. The molecule has 7 heteroatoms. The smallest absolute Gasteiger partial charge is 0.223 e. The number of nitrogens with zero attached hydrogens (tertiary/aromatic N) is 3. The van der Waals surface area contributed by atoms with E-state index in [1.807, 2.05) is 17.0 Å². The standard InChI is InChI=1S/C27H39N5O.HI/c1-4-28-27(30-18-16-22(2)31(3)19-23-11-6-5-7-12-23)29-17-10-15-26(33)32-20-24-13-8-9-14-25(24)21-32;/h5-9,11-14,22H,4,10,15-21H2,1-3H3,(H2,28,29,30);1H. The van der Waals surface area contributed by atoms with Crippen molar-refractivity contribution in [1.29, 1.82) is 0 Å². The normalized spacial score (nSPS) is 13.9. The molecule has 0 fully saturated rings. The van der Waals surface area contributed by atoms with Gasteiger partial charge in [-0.2, -0.15) is 0 Å². The monoisotopic (exact) mass is 577 g/mol. The zero-order valence-corrected chi connectivity index (χ0v) is 23.1. The summed E-state index contributed by atoms with van der Waals surface area (Å²) in [7, 11) is 2.17. The number of rotatable bonds is 11. The van der Waals surface area contributed by atoms with Gasteiger partial charge in [0.25, 0.3) is 0 Å². The third-order valence-corrected chi connectivity index (χ3v) is 6.24. The first-order chi connectivity index (χ1) is 16.1. The number of nitrogens with one attached hydrogen (secondary N) is 2. The van der Waals surface area contributed by atoms with Crippen LogP contribution in [0.4, 0.5) is 0 Å². The first kappa shape index (κ1) is 28.1. The van der Waals surface area contributed by atoms with Gasteiger partial charge in [-0.3, -0.25) is 14.7 Å². The van der Waals surface area contributed by atoms with Crippen LogP contribution in [-0.4, -0.2) is 54.4 Å². The topological polar surface area (TPSA) is 60.0 Å². The highest BCUT2D eigenvalue weighted by atomic mass is 127. The fraction of sp³-hybridized carbons (Fsp3) is 0.481. The van der Waals surface area contributed by atoms with E-state index in [1.165, 1.54) is 16.7 Å². The molecule has 186 valence electrons. The van der Waals surface area contributed by atoms with Crippen LogP contribution in [0.3, 0.4) is 0 Å².